The molecule has 0 atom stereocenters. The minimum atomic E-state index is -3.70. The number of H-pyrrole nitrogens is 1. The number of carbonyl (C=O) groups is 1. The first kappa shape index (κ1) is 19.4. The Labute approximate surface area is 168 Å². The molecule has 9 heteroatoms. The van der Waals surface area contributed by atoms with Crippen LogP contribution in [0.5, 0.6) is 5.75 Å². The van der Waals surface area contributed by atoms with E-state index >= 15 is 0 Å². The molecule has 2 N–H and O–H groups in total. The summed E-state index contributed by atoms with van der Waals surface area (Å²) in [5, 5.41) is 10.3. The lowest BCUT2D eigenvalue weighted by Gasteiger charge is -2.19. The monoisotopic (exact) mass is 414 g/mol. The zero-order valence-electron chi connectivity index (χ0n) is 16.0. The molecule has 0 unspecified atom stereocenters. The van der Waals surface area contributed by atoms with Gasteiger partial charge in [-0.15, -0.1) is 0 Å². The van der Waals surface area contributed by atoms with Crippen molar-refractivity contribution in [2.45, 2.75) is 24.7 Å². The predicted octanol–water partition coefficient (Wildman–Crippen LogP) is 3.00. The second-order valence-electron chi connectivity index (χ2n) is 6.78. The van der Waals surface area contributed by atoms with E-state index < -0.39 is 15.9 Å². The smallest absolute Gasteiger partial charge is 0.276 e. The molecule has 8 nitrogen and oxygen atoms in total. The third kappa shape index (κ3) is 3.70. The number of hydrogen-bond acceptors (Lipinski definition) is 5. The van der Waals surface area contributed by atoms with Crippen molar-refractivity contribution in [3.63, 3.8) is 0 Å². The number of nitrogens with one attached hydrogen (secondary N) is 2. The number of hydrogen-bond donors (Lipinski definition) is 2. The number of benzene rings is 2. The van der Waals surface area contributed by atoms with E-state index in [4.69, 9.17) is 4.74 Å². The number of fused-ring (bicyclic) bond motifs is 1. The molecule has 0 radical (unpaired) electrons. The summed E-state index contributed by atoms with van der Waals surface area (Å²) >= 11 is 0. The zero-order valence-corrected chi connectivity index (χ0v) is 16.8. The van der Waals surface area contributed by atoms with Crippen LogP contribution < -0.4 is 10.1 Å². The van der Waals surface area contributed by atoms with E-state index in [9.17, 15) is 13.2 Å². The second-order valence-corrected chi connectivity index (χ2v) is 8.68. The Morgan fingerprint density at radius 3 is 2.72 bits per heavy atom. The van der Waals surface area contributed by atoms with Crippen molar-refractivity contribution in [3.05, 3.63) is 48.2 Å². The SMILES string of the molecule is CCOc1ccc(NC(=O)c2n[nH]c3ccccc23)cc1S(=O)(=O)N1CCCC1. The fourth-order valence-corrected chi connectivity index (χ4v) is 5.13. The fraction of sp³-hybridized carbons (Fsp3) is 0.300. The van der Waals surface area contributed by atoms with Crippen molar-refractivity contribution in [2.24, 2.45) is 0 Å². The molecule has 1 amide bonds. The van der Waals surface area contributed by atoms with Crippen molar-refractivity contribution in [2.75, 3.05) is 25.0 Å². The maximum Gasteiger partial charge on any atom is 0.276 e. The molecule has 0 spiro atoms. The molecule has 29 heavy (non-hydrogen) atoms. The molecule has 4 rings (SSSR count). The Bertz CT molecular complexity index is 1150. The number of aromatic nitrogens is 2. The number of amides is 1. The highest BCUT2D eigenvalue weighted by Gasteiger charge is 2.30. The minimum Gasteiger partial charge on any atom is -0.492 e. The van der Waals surface area contributed by atoms with E-state index in [1.54, 1.807) is 25.1 Å². The maximum atomic E-state index is 13.1. The van der Waals surface area contributed by atoms with Crippen LogP contribution in [0.2, 0.25) is 0 Å². The number of nitrogens with zero attached hydrogens (tertiary/aromatic N) is 2. The maximum absolute atomic E-state index is 13.1. The van der Waals surface area contributed by atoms with Crippen molar-refractivity contribution in [3.8, 4) is 5.75 Å². The van der Waals surface area contributed by atoms with Gasteiger partial charge in [-0.2, -0.15) is 9.40 Å². The van der Waals surface area contributed by atoms with Crippen LogP contribution in [0.1, 0.15) is 30.3 Å². The standard InChI is InChI=1S/C20H22N4O4S/c1-2-28-17-10-9-14(13-18(17)29(26,27)24-11-5-6-12-24)21-20(25)19-15-7-3-4-8-16(15)22-23-19/h3-4,7-10,13H,2,5-6,11-12H2,1H3,(H,21,25)(H,22,23). The molecular weight excluding hydrogens is 392 g/mol. The lowest BCUT2D eigenvalue weighted by atomic mass is 10.2. The largest absolute Gasteiger partial charge is 0.492 e. The number of rotatable bonds is 6. The van der Waals surface area contributed by atoms with E-state index in [0.29, 0.717) is 30.8 Å². The third-order valence-electron chi connectivity index (χ3n) is 4.87. The summed E-state index contributed by atoms with van der Waals surface area (Å²) < 4.78 is 33.2. The van der Waals surface area contributed by atoms with Gasteiger partial charge >= 0.3 is 0 Å². The van der Waals surface area contributed by atoms with Crippen LogP contribution in [0.4, 0.5) is 5.69 Å². The van der Waals surface area contributed by atoms with Gasteiger partial charge < -0.3 is 10.1 Å². The summed E-state index contributed by atoms with van der Waals surface area (Å²) in [6, 6.07) is 12.0. The molecule has 1 fully saturated rings. The Balaban J connectivity index is 1.67. The lowest BCUT2D eigenvalue weighted by Crippen LogP contribution is -2.28. The number of aromatic amines is 1. The van der Waals surface area contributed by atoms with Crippen molar-refractivity contribution in [1.29, 1.82) is 0 Å². The molecule has 0 bridgehead atoms. The van der Waals surface area contributed by atoms with Gasteiger partial charge in [0.25, 0.3) is 5.91 Å². The van der Waals surface area contributed by atoms with Gasteiger partial charge in [-0.25, -0.2) is 8.42 Å². The number of ether oxygens (including phenoxy) is 1. The van der Waals surface area contributed by atoms with Gasteiger partial charge in [0, 0.05) is 24.2 Å². The molecule has 0 saturated carbocycles. The van der Waals surface area contributed by atoms with Crippen LogP contribution in [0, 0.1) is 0 Å². The van der Waals surface area contributed by atoms with Crippen molar-refractivity contribution >= 4 is 32.5 Å². The highest BCUT2D eigenvalue weighted by molar-refractivity contribution is 7.89. The van der Waals surface area contributed by atoms with E-state index in [1.807, 2.05) is 18.2 Å². The third-order valence-corrected chi connectivity index (χ3v) is 6.79. The van der Waals surface area contributed by atoms with E-state index in [1.165, 1.54) is 10.4 Å². The first-order valence-corrected chi connectivity index (χ1v) is 11.0. The summed E-state index contributed by atoms with van der Waals surface area (Å²) in [4.78, 5) is 12.8. The molecule has 0 aliphatic carbocycles. The molecule has 3 aromatic rings. The summed E-state index contributed by atoms with van der Waals surface area (Å²) in [6.45, 7) is 3.12. The van der Waals surface area contributed by atoms with Gasteiger partial charge in [0.2, 0.25) is 10.0 Å². The second kappa shape index (κ2) is 7.84. The molecule has 1 saturated heterocycles. The number of carbonyl (C=O) groups excluding carboxylic acids is 1. The predicted molar refractivity (Wildman–Crippen MR) is 110 cm³/mol. The molecule has 152 valence electrons. The van der Waals surface area contributed by atoms with Crippen LogP contribution in [-0.4, -0.2) is 48.5 Å². The quantitative estimate of drug-likeness (QED) is 0.645. The van der Waals surface area contributed by atoms with Crippen LogP contribution in [0.25, 0.3) is 10.9 Å². The summed E-state index contributed by atoms with van der Waals surface area (Å²) in [5.74, 6) is -0.140. The van der Waals surface area contributed by atoms with E-state index in [2.05, 4.69) is 15.5 Å². The van der Waals surface area contributed by atoms with Gasteiger partial charge in [0.1, 0.15) is 10.6 Å². The van der Waals surface area contributed by atoms with Crippen LogP contribution in [0.15, 0.2) is 47.4 Å². The molecule has 1 aliphatic heterocycles. The van der Waals surface area contributed by atoms with Crippen LogP contribution >= 0.6 is 0 Å². The fourth-order valence-electron chi connectivity index (χ4n) is 3.46. The zero-order chi connectivity index (χ0) is 20.4. The van der Waals surface area contributed by atoms with Gasteiger partial charge in [-0.1, -0.05) is 18.2 Å². The van der Waals surface area contributed by atoms with Crippen LogP contribution in [0.3, 0.4) is 0 Å². The summed E-state index contributed by atoms with van der Waals surface area (Å²) in [6.07, 6.45) is 1.68. The highest BCUT2D eigenvalue weighted by atomic mass is 32.2. The summed E-state index contributed by atoms with van der Waals surface area (Å²) in [5.41, 5.74) is 1.36. The lowest BCUT2D eigenvalue weighted by molar-refractivity contribution is 0.102. The highest BCUT2D eigenvalue weighted by Crippen LogP contribution is 2.32. The number of para-hydroxylation sites is 1. The van der Waals surface area contributed by atoms with E-state index in [-0.39, 0.29) is 16.3 Å². The Morgan fingerprint density at radius 1 is 1.21 bits per heavy atom. The molecule has 2 heterocycles. The molecule has 2 aromatic carbocycles. The molecule has 1 aliphatic rings. The first-order valence-electron chi connectivity index (χ1n) is 9.52. The average Bonchev–Trinajstić information content (AvgIpc) is 3.39. The molecular formula is C20H22N4O4S. The first-order chi connectivity index (χ1) is 14.0. The average molecular weight is 414 g/mol. The minimum absolute atomic E-state index is 0.0611. The van der Waals surface area contributed by atoms with Crippen molar-refractivity contribution < 1.29 is 17.9 Å². The Morgan fingerprint density at radius 2 is 1.97 bits per heavy atom. The Hall–Kier alpha value is -2.91. The van der Waals surface area contributed by atoms with E-state index in [0.717, 1.165) is 18.4 Å². The summed E-state index contributed by atoms with van der Waals surface area (Å²) in [7, 11) is -3.70. The van der Waals surface area contributed by atoms with Gasteiger partial charge in [-0.05, 0) is 44.0 Å². The number of sulfonamides is 1. The van der Waals surface area contributed by atoms with Crippen LogP contribution in [-0.2, 0) is 10.0 Å². The molecule has 1 aromatic heterocycles. The normalized spacial score (nSPS) is 14.9. The van der Waals surface area contributed by atoms with Crippen molar-refractivity contribution in [1.82, 2.24) is 14.5 Å². The van der Waals surface area contributed by atoms with Gasteiger partial charge in [0.15, 0.2) is 5.69 Å². The topological polar surface area (TPSA) is 104 Å². The van der Waals surface area contributed by atoms with Gasteiger partial charge in [-0.3, -0.25) is 9.89 Å². The Kier molecular flexibility index (Phi) is 5.25. The van der Waals surface area contributed by atoms with Gasteiger partial charge in [0.05, 0.1) is 12.1 Å². The number of anilines is 1.